The topological polar surface area (TPSA) is 64.1 Å². The van der Waals surface area contributed by atoms with Gasteiger partial charge in [0.05, 0.1) is 7.11 Å². The molecule has 0 radical (unpaired) electrons. The Morgan fingerprint density at radius 1 is 1.27 bits per heavy atom. The fourth-order valence-electron chi connectivity index (χ4n) is 2.94. The summed E-state index contributed by atoms with van der Waals surface area (Å²) in [5.74, 6) is 2.35. The minimum absolute atomic E-state index is 0.663. The molecule has 1 fully saturated rings. The maximum absolute atomic E-state index is 5.79. The summed E-state index contributed by atoms with van der Waals surface area (Å²) in [6.45, 7) is 6.94. The third kappa shape index (κ3) is 7.22. The fourth-order valence-corrected chi connectivity index (χ4v) is 2.94. The SMILES string of the molecule is CN=C(NCCCOCC1CCOCC1)NCc1ccc(C)cc1OC. The number of hydrogen-bond acceptors (Lipinski definition) is 4. The van der Waals surface area contributed by atoms with Crippen LogP contribution in [0.25, 0.3) is 0 Å². The molecular formula is C20H33N3O3. The number of ether oxygens (including phenoxy) is 3. The summed E-state index contributed by atoms with van der Waals surface area (Å²) in [4.78, 5) is 4.27. The van der Waals surface area contributed by atoms with Crippen molar-refractivity contribution in [1.29, 1.82) is 0 Å². The molecule has 2 N–H and O–H groups in total. The van der Waals surface area contributed by atoms with E-state index in [1.807, 2.05) is 6.07 Å². The molecule has 1 saturated heterocycles. The van der Waals surface area contributed by atoms with Crippen molar-refractivity contribution in [3.63, 3.8) is 0 Å². The minimum atomic E-state index is 0.663. The van der Waals surface area contributed by atoms with Crippen molar-refractivity contribution in [3.05, 3.63) is 29.3 Å². The molecule has 0 unspecified atom stereocenters. The van der Waals surface area contributed by atoms with Crippen molar-refractivity contribution in [2.75, 3.05) is 47.1 Å². The first-order valence-corrected chi connectivity index (χ1v) is 9.46. The van der Waals surface area contributed by atoms with E-state index in [0.29, 0.717) is 12.5 Å². The van der Waals surface area contributed by atoms with Gasteiger partial charge in [0.1, 0.15) is 5.75 Å². The van der Waals surface area contributed by atoms with E-state index in [1.54, 1.807) is 14.2 Å². The highest BCUT2D eigenvalue weighted by Crippen LogP contribution is 2.19. The zero-order valence-corrected chi connectivity index (χ0v) is 16.3. The van der Waals surface area contributed by atoms with Gasteiger partial charge in [0.2, 0.25) is 0 Å². The number of hydrogen-bond donors (Lipinski definition) is 2. The Balaban J connectivity index is 1.60. The first kappa shape index (κ1) is 20.5. The van der Waals surface area contributed by atoms with E-state index in [0.717, 1.165) is 69.5 Å². The van der Waals surface area contributed by atoms with Gasteiger partial charge in [-0.15, -0.1) is 0 Å². The Labute approximate surface area is 157 Å². The lowest BCUT2D eigenvalue weighted by molar-refractivity contribution is 0.0203. The largest absolute Gasteiger partial charge is 0.496 e. The predicted molar refractivity (Wildman–Crippen MR) is 105 cm³/mol. The number of aryl methyl sites for hydroxylation is 1. The van der Waals surface area contributed by atoms with Crippen LogP contribution in [0.1, 0.15) is 30.4 Å². The Hall–Kier alpha value is -1.79. The van der Waals surface area contributed by atoms with Crippen LogP contribution in [0.15, 0.2) is 23.2 Å². The van der Waals surface area contributed by atoms with E-state index in [2.05, 4.69) is 34.7 Å². The van der Waals surface area contributed by atoms with Gasteiger partial charge in [0, 0.05) is 52.1 Å². The van der Waals surface area contributed by atoms with E-state index < -0.39 is 0 Å². The molecular weight excluding hydrogens is 330 g/mol. The number of nitrogens with one attached hydrogen (secondary N) is 2. The van der Waals surface area contributed by atoms with Crippen LogP contribution in [0.2, 0.25) is 0 Å². The van der Waals surface area contributed by atoms with E-state index in [-0.39, 0.29) is 0 Å². The van der Waals surface area contributed by atoms with Crippen LogP contribution >= 0.6 is 0 Å². The lowest BCUT2D eigenvalue weighted by Crippen LogP contribution is -2.37. The second-order valence-corrected chi connectivity index (χ2v) is 6.65. The van der Waals surface area contributed by atoms with Crippen molar-refractivity contribution in [1.82, 2.24) is 10.6 Å². The van der Waals surface area contributed by atoms with Gasteiger partial charge in [0.25, 0.3) is 0 Å². The van der Waals surface area contributed by atoms with Gasteiger partial charge in [-0.3, -0.25) is 4.99 Å². The maximum Gasteiger partial charge on any atom is 0.191 e. The van der Waals surface area contributed by atoms with Crippen molar-refractivity contribution in [2.45, 2.75) is 32.7 Å². The Kier molecular flexibility index (Phi) is 9.28. The summed E-state index contributed by atoms with van der Waals surface area (Å²) in [7, 11) is 3.48. The van der Waals surface area contributed by atoms with E-state index >= 15 is 0 Å². The van der Waals surface area contributed by atoms with E-state index in [9.17, 15) is 0 Å². The van der Waals surface area contributed by atoms with E-state index in [1.165, 1.54) is 5.56 Å². The molecule has 6 heteroatoms. The molecule has 146 valence electrons. The molecule has 2 rings (SSSR count). The molecule has 0 amide bonds. The zero-order valence-electron chi connectivity index (χ0n) is 16.3. The third-order valence-electron chi connectivity index (χ3n) is 4.56. The fraction of sp³-hybridized carbons (Fsp3) is 0.650. The first-order chi connectivity index (χ1) is 12.7. The molecule has 26 heavy (non-hydrogen) atoms. The lowest BCUT2D eigenvalue weighted by atomic mass is 10.0. The summed E-state index contributed by atoms with van der Waals surface area (Å²) in [6.07, 6.45) is 3.20. The highest BCUT2D eigenvalue weighted by atomic mass is 16.5. The highest BCUT2D eigenvalue weighted by molar-refractivity contribution is 5.79. The number of nitrogens with zero attached hydrogens (tertiary/aromatic N) is 1. The number of benzene rings is 1. The molecule has 1 heterocycles. The second-order valence-electron chi connectivity index (χ2n) is 6.65. The van der Waals surface area contributed by atoms with Crippen molar-refractivity contribution in [3.8, 4) is 5.75 Å². The zero-order chi connectivity index (χ0) is 18.6. The number of aliphatic imine (C=N–C) groups is 1. The Bertz CT molecular complexity index is 557. The molecule has 0 saturated carbocycles. The smallest absolute Gasteiger partial charge is 0.191 e. The number of guanidine groups is 1. The summed E-state index contributed by atoms with van der Waals surface area (Å²) >= 11 is 0. The molecule has 1 aliphatic heterocycles. The third-order valence-corrected chi connectivity index (χ3v) is 4.56. The lowest BCUT2D eigenvalue weighted by Gasteiger charge is -2.21. The minimum Gasteiger partial charge on any atom is -0.496 e. The number of methoxy groups -OCH3 is 1. The average molecular weight is 364 g/mol. The summed E-state index contributed by atoms with van der Waals surface area (Å²) < 4.78 is 16.6. The molecule has 0 bridgehead atoms. The van der Waals surface area contributed by atoms with Gasteiger partial charge in [-0.25, -0.2) is 0 Å². The molecule has 0 spiro atoms. The van der Waals surface area contributed by atoms with Crippen LogP contribution in [0, 0.1) is 12.8 Å². The van der Waals surface area contributed by atoms with E-state index in [4.69, 9.17) is 14.2 Å². The van der Waals surface area contributed by atoms with Crippen molar-refractivity contribution < 1.29 is 14.2 Å². The standard InChI is InChI=1S/C20H33N3O3/c1-16-5-6-18(19(13-16)24-3)14-23-20(21-2)22-9-4-10-26-15-17-7-11-25-12-8-17/h5-6,13,17H,4,7-12,14-15H2,1-3H3,(H2,21,22,23). The van der Waals surface area contributed by atoms with Crippen LogP contribution < -0.4 is 15.4 Å². The molecule has 0 atom stereocenters. The average Bonchev–Trinajstić information content (AvgIpc) is 2.68. The summed E-state index contributed by atoms with van der Waals surface area (Å²) in [5.41, 5.74) is 2.30. The van der Waals surface area contributed by atoms with Crippen molar-refractivity contribution >= 4 is 5.96 Å². The summed E-state index contributed by atoms with van der Waals surface area (Å²) in [5, 5.41) is 6.65. The molecule has 0 aliphatic carbocycles. The highest BCUT2D eigenvalue weighted by Gasteiger charge is 2.13. The number of rotatable bonds is 9. The van der Waals surface area contributed by atoms with Crippen LogP contribution in [0.5, 0.6) is 5.75 Å². The van der Waals surface area contributed by atoms with Crippen LogP contribution in [-0.2, 0) is 16.0 Å². The van der Waals surface area contributed by atoms with Gasteiger partial charge < -0.3 is 24.8 Å². The maximum atomic E-state index is 5.79. The first-order valence-electron chi connectivity index (χ1n) is 9.46. The van der Waals surface area contributed by atoms with Gasteiger partial charge in [-0.2, -0.15) is 0 Å². The second kappa shape index (κ2) is 11.8. The van der Waals surface area contributed by atoms with Gasteiger partial charge in [-0.1, -0.05) is 12.1 Å². The normalized spacial score (nSPS) is 15.7. The van der Waals surface area contributed by atoms with Crippen molar-refractivity contribution in [2.24, 2.45) is 10.9 Å². The monoisotopic (exact) mass is 363 g/mol. The molecule has 0 aromatic heterocycles. The van der Waals surface area contributed by atoms with Crippen LogP contribution in [-0.4, -0.2) is 53.1 Å². The Morgan fingerprint density at radius 3 is 2.81 bits per heavy atom. The molecule has 1 aliphatic rings. The summed E-state index contributed by atoms with van der Waals surface area (Å²) in [6, 6.07) is 6.22. The molecule has 1 aromatic rings. The quantitative estimate of drug-likeness (QED) is 0.401. The van der Waals surface area contributed by atoms with Gasteiger partial charge in [0.15, 0.2) is 5.96 Å². The molecule has 1 aromatic carbocycles. The Morgan fingerprint density at radius 2 is 2.08 bits per heavy atom. The molecule has 6 nitrogen and oxygen atoms in total. The predicted octanol–water partition coefficient (Wildman–Crippen LogP) is 2.50. The van der Waals surface area contributed by atoms with Gasteiger partial charge in [-0.05, 0) is 43.7 Å². The van der Waals surface area contributed by atoms with Gasteiger partial charge >= 0.3 is 0 Å². The van der Waals surface area contributed by atoms with Crippen LogP contribution in [0.4, 0.5) is 0 Å². The van der Waals surface area contributed by atoms with Crippen LogP contribution in [0.3, 0.4) is 0 Å².